The Bertz CT molecular complexity index is 521. The van der Waals surface area contributed by atoms with E-state index in [1.54, 1.807) is 19.1 Å². The van der Waals surface area contributed by atoms with Gasteiger partial charge in [0.1, 0.15) is 5.82 Å². The van der Waals surface area contributed by atoms with E-state index < -0.39 is 17.7 Å². The minimum atomic E-state index is -1.22. The summed E-state index contributed by atoms with van der Waals surface area (Å²) >= 11 is 0. The number of hydrogen-bond donors (Lipinski definition) is 2. The van der Waals surface area contributed by atoms with Crippen LogP contribution in [-0.2, 0) is 4.79 Å². The number of carbonyl (C=O) groups excluding carboxylic acids is 1. The van der Waals surface area contributed by atoms with Crippen molar-refractivity contribution >= 4 is 17.6 Å². The Kier molecular flexibility index (Phi) is 4.80. The van der Waals surface area contributed by atoms with Gasteiger partial charge in [0.15, 0.2) is 0 Å². The molecule has 4 nitrogen and oxygen atoms in total. The molecule has 0 spiro atoms. The Balaban J connectivity index is 2.79. The molecular formula is C13H12FNO3. The number of hydrogen-bond acceptors (Lipinski definition) is 2. The van der Waals surface area contributed by atoms with Crippen molar-refractivity contribution in [2.75, 3.05) is 5.32 Å². The second kappa shape index (κ2) is 6.34. The number of carboxylic acid groups (broad SMARTS) is 1. The van der Waals surface area contributed by atoms with Gasteiger partial charge in [-0.1, -0.05) is 18.2 Å². The predicted octanol–water partition coefficient (Wildman–Crippen LogP) is 2.59. The van der Waals surface area contributed by atoms with Crippen LogP contribution in [0.25, 0.3) is 0 Å². The molecule has 18 heavy (non-hydrogen) atoms. The molecular weight excluding hydrogens is 237 g/mol. The number of aromatic carboxylic acids is 1. The molecule has 1 rings (SSSR count). The average Bonchev–Trinajstić information content (AvgIpc) is 2.32. The van der Waals surface area contributed by atoms with Crippen LogP contribution in [0.1, 0.15) is 17.3 Å². The second-order valence-corrected chi connectivity index (χ2v) is 3.37. The Morgan fingerprint density at radius 1 is 1.33 bits per heavy atom. The predicted molar refractivity (Wildman–Crippen MR) is 65.9 cm³/mol. The van der Waals surface area contributed by atoms with Gasteiger partial charge in [0.2, 0.25) is 5.91 Å². The van der Waals surface area contributed by atoms with Gasteiger partial charge in [0.05, 0.1) is 11.3 Å². The molecule has 0 saturated carbocycles. The quantitative estimate of drug-likeness (QED) is 0.636. The first-order valence-corrected chi connectivity index (χ1v) is 5.17. The third-order valence-corrected chi connectivity index (χ3v) is 2.03. The lowest BCUT2D eigenvalue weighted by atomic mass is 10.2. The van der Waals surface area contributed by atoms with Gasteiger partial charge in [-0.05, 0) is 25.1 Å². The van der Waals surface area contributed by atoms with Crippen LogP contribution in [0.15, 0.2) is 42.5 Å². The summed E-state index contributed by atoms with van der Waals surface area (Å²) in [5, 5.41) is 11.0. The topological polar surface area (TPSA) is 66.4 Å². The SMILES string of the molecule is CC=CC=CC(=O)Nc1ccc(C(=O)O)cc1F. The monoisotopic (exact) mass is 249 g/mol. The third-order valence-electron chi connectivity index (χ3n) is 2.03. The molecule has 94 valence electrons. The van der Waals surface area contributed by atoms with Crippen molar-refractivity contribution in [3.63, 3.8) is 0 Å². The second-order valence-electron chi connectivity index (χ2n) is 3.37. The molecule has 0 fully saturated rings. The molecule has 0 radical (unpaired) electrons. The molecule has 0 bridgehead atoms. The van der Waals surface area contributed by atoms with Crippen molar-refractivity contribution in [2.24, 2.45) is 0 Å². The number of benzene rings is 1. The fourth-order valence-corrected chi connectivity index (χ4v) is 1.18. The molecule has 1 aromatic rings. The molecule has 5 heteroatoms. The number of halogens is 1. The van der Waals surface area contributed by atoms with Crippen molar-refractivity contribution in [3.8, 4) is 0 Å². The van der Waals surface area contributed by atoms with Gasteiger partial charge in [-0.25, -0.2) is 9.18 Å². The van der Waals surface area contributed by atoms with E-state index in [1.165, 1.54) is 24.3 Å². The van der Waals surface area contributed by atoms with Crippen LogP contribution < -0.4 is 5.32 Å². The van der Waals surface area contributed by atoms with Crippen LogP contribution >= 0.6 is 0 Å². The zero-order valence-corrected chi connectivity index (χ0v) is 9.68. The number of carbonyl (C=O) groups is 2. The van der Waals surface area contributed by atoms with Crippen molar-refractivity contribution in [1.82, 2.24) is 0 Å². The average molecular weight is 249 g/mol. The maximum Gasteiger partial charge on any atom is 0.335 e. The van der Waals surface area contributed by atoms with E-state index >= 15 is 0 Å². The highest BCUT2D eigenvalue weighted by atomic mass is 19.1. The van der Waals surface area contributed by atoms with Crippen LogP contribution in [0.2, 0.25) is 0 Å². The normalized spacial score (nSPS) is 11.0. The zero-order valence-electron chi connectivity index (χ0n) is 9.68. The summed E-state index contributed by atoms with van der Waals surface area (Å²) in [4.78, 5) is 21.9. The highest BCUT2D eigenvalue weighted by Crippen LogP contribution is 2.15. The van der Waals surface area contributed by atoms with Crippen molar-refractivity contribution in [2.45, 2.75) is 6.92 Å². The summed E-state index contributed by atoms with van der Waals surface area (Å²) in [6, 6.07) is 3.28. The maximum absolute atomic E-state index is 13.4. The largest absolute Gasteiger partial charge is 0.478 e. The molecule has 0 heterocycles. The van der Waals surface area contributed by atoms with Crippen LogP contribution in [-0.4, -0.2) is 17.0 Å². The van der Waals surface area contributed by atoms with Crippen LogP contribution in [0, 0.1) is 5.82 Å². The summed E-state index contributed by atoms with van der Waals surface area (Å²) in [7, 11) is 0. The van der Waals surface area contributed by atoms with E-state index in [2.05, 4.69) is 5.32 Å². The van der Waals surface area contributed by atoms with E-state index in [0.29, 0.717) is 0 Å². The van der Waals surface area contributed by atoms with Crippen molar-refractivity contribution in [1.29, 1.82) is 0 Å². The first-order chi connectivity index (χ1) is 8.54. The fraction of sp³-hybridized carbons (Fsp3) is 0.0769. The summed E-state index contributed by atoms with van der Waals surface area (Å²) < 4.78 is 13.4. The lowest BCUT2D eigenvalue weighted by Crippen LogP contribution is -2.10. The molecule has 0 atom stereocenters. The Labute approximate surface area is 103 Å². The van der Waals surface area contributed by atoms with E-state index in [4.69, 9.17) is 5.11 Å². The van der Waals surface area contributed by atoms with Crippen molar-refractivity contribution in [3.05, 3.63) is 53.9 Å². The molecule has 1 amide bonds. The molecule has 0 aliphatic rings. The van der Waals surface area contributed by atoms with Crippen LogP contribution in [0.5, 0.6) is 0 Å². The smallest absolute Gasteiger partial charge is 0.335 e. The summed E-state index contributed by atoms with van der Waals surface area (Å²) in [6.07, 6.45) is 6.15. The van der Waals surface area contributed by atoms with E-state index in [0.717, 1.165) is 6.07 Å². The first kappa shape index (κ1) is 13.6. The molecule has 2 N–H and O–H groups in total. The number of rotatable bonds is 4. The molecule has 0 aliphatic carbocycles. The number of anilines is 1. The minimum absolute atomic E-state index is 0.0601. The number of nitrogens with one attached hydrogen (secondary N) is 1. The standard InChI is InChI=1S/C13H12FNO3/c1-2-3-4-5-12(16)15-11-7-6-9(13(17)18)8-10(11)14/h2-8H,1H3,(H,15,16)(H,17,18). The fourth-order valence-electron chi connectivity index (χ4n) is 1.18. The summed E-state index contributed by atoms with van der Waals surface area (Å²) in [6.45, 7) is 1.80. The van der Waals surface area contributed by atoms with E-state index in [-0.39, 0.29) is 11.3 Å². The van der Waals surface area contributed by atoms with Gasteiger partial charge < -0.3 is 10.4 Å². The van der Waals surface area contributed by atoms with Gasteiger partial charge in [-0.15, -0.1) is 0 Å². The van der Waals surface area contributed by atoms with E-state index in [9.17, 15) is 14.0 Å². The van der Waals surface area contributed by atoms with Gasteiger partial charge in [0, 0.05) is 6.08 Å². The minimum Gasteiger partial charge on any atom is -0.478 e. The first-order valence-electron chi connectivity index (χ1n) is 5.17. The van der Waals surface area contributed by atoms with Gasteiger partial charge in [-0.2, -0.15) is 0 Å². The Morgan fingerprint density at radius 2 is 2.06 bits per heavy atom. The van der Waals surface area contributed by atoms with Crippen molar-refractivity contribution < 1.29 is 19.1 Å². The number of allylic oxidation sites excluding steroid dienone is 3. The lowest BCUT2D eigenvalue weighted by Gasteiger charge is -2.04. The molecule has 0 aromatic heterocycles. The maximum atomic E-state index is 13.4. The molecule has 1 aromatic carbocycles. The molecule has 0 unspecified atom stereocenters. The highest BCUT2D eigenvalue weighted by Gasteiger charge is 2.09. The van der Waals surface area contributed by atoms with Crippen LogP contribution in [0.4, 0.5) is 10.1 Å². The van der Waals surface area contributed by atoms with Gasteiger partial charge >= 0.3 is 5.97 Å². The highest BCUT2D eigenvalue weighted by molar-refractivity contribution is 5.99. The molecule has 0 saturated heterocycles. The lowest BCUT2D eigenvalue weighted by molar-refractivity contribution is -0.111. The summed E-state index contributed by atoms with van der Waals surface area (Å²) in [5.41, 5.74) is -0.231. The van der Waals surface area contributed by atoms with Gasteiger partial charge in [0.25, 0.3) is 0 Å². The number of carboxylic acids is 1. The third kappa shape index (κ3) is 3.86. The summed E-state index contributed by atoms with van der Waals surface area (Å²) in [5.74, 6) is -2.50. The van der Waals surface area contributed by atoms with E-state index in [1.807, 2.05) is 0 Å². The zero-order chi connectivity index (χ0) is 13.5. The Hall–Kier alpha value is -2.43. The number of amides is 1. The Morgan fingerprint density at radius 3 is 2.61 bits per heavy atom. The van der Waals surface area contributed by atoms with Gasteiger partial charge in [-0.3, -0.25) is 4.79 Å². The van der Waals surface area contributed by atoms with Crippen LogP contribution in [0.3, 0.4) is 0 Å². The molecule has 0 aliphatic heterocycles.